The van der Waals surface area contributed by atoms with Crippen LogP contribution in [0.15, 0.2) is 60.7 Å². The molecule has 2 fully saturated rings. The van der Waals surface area contributed by atoms with Crippen molar-refractivity contribution in [2.45, 2.75) is 50.9 Å². The Morgan fingerprint density at radius 2 is 1.26 bits per heavy atom. The highest BCUT2D eigenvalue weighted by Gasteiger charge is 2.41. The van der Waals surface area contributed by atoms with Crippen LogP contribution >= 0.6 is 0 Å². The van der Waals surface area contributed by atoms with Crippen molar-refractivity contribution in [1.29, 1.82) is 0 Å². The van der Waals surface area contributed by atoms with Crippen LogP contribution in [-0.4, -0.2) is 78.9 Å². The fourth-order valence-corrected chi connectivity index (χ4v) is 5.33. The average Bonchev–Trinajstić information content (AvgIpc) is 2.91. The van der Waals surface area contributed by atoms with Crippen molar-refractivity contribution in [3.8, 4) is 0 Å². The van der Waals surface area contributed by atoms with E-state index in [1.165, 1.54) is 0 Å². The van der Waals surface area contributed by atoms with Gasteiger partial charge in [-0.3, -0.25) is 19.4 Å². The molecule has 2 atom stereocenters. The second-order valence-corrected chi connectivity index (χ2v) is 9.35. The lowest BCUT2D eigenvalue weighted by Gasteiger charge is -2.49. The van der Waals surface area contributed by atoms with E-state index in [2.05, 4.69) is 27.4 Å². The summed E-state index contributed by atoms with van der Waals surface area (Å²) in [4.78, 5) is 31.9. The molecule has 2 saturated heterocycles. The maximum Gasteiger partial charge on any atom is 0.181 e. The van der Waals surface area contributed by atoms with E-state index in [4.69, 9.17) is 0 Å². The molecule has 34 heavy (non-hydrogen) atoms. The van der Waals surface area contributed by atoms with Crippen LogP contribution in [0.4, 0.5) is 0 Å². The van der Waals surface area contributed by atoms with Gasteiger partial charge in [0.1, 0.15) is 0 Å². The fraction of sp³-hybridized carbons (Fsp3) is 0.500. The number of carbonyl (C=O) groups excluding carboxylic acids is 2. The van der Waals surface area contributed by atoms with Crippen LogP contribution < -0.4 is 10.6 Å². The van der Waals surface area contributed by atoms with Gasteiger partial charge in [0.15, 0.2) is 11.6 Å². The number of rotatable bonds is 10. The minimum Gasteiger partial charge on any atom is -0.313 e. The van der Waals surface area contributed by atoms with E-state index >= 15 is 0 Å². The van der Waals surface area contributed by atoms with E-state index in [0.29, 0.717) is 13.1 Å². The Labute approximate surface area is 203 Å². The first-order valence-corrected chi connectivity index (χ1v) is 12.8. The third kappa shape index (κ3) is 5.81. The van der Waals surface area contributed by atoms with Gasteiger partial charge in [-0.25, -0.2) is 0 Å². The lowest BCUT2D eigenvalue weighted by molar-refractivity contribution is -0.0258. The number of carbonyl (C=O) groups is 2. The zero-order chi connectivity index (χ0) is 23.8. The van der Waals surface area contributed by atoms with E-state index in [9.17, 15) is 9.59 Å². The minimum atomic E-state index is -0.231. The quantitative estimate of drug-likeness (QED) is 0.418. The maximum absolute atomic E-state index is 13.6. The number of hydrogen-bond donors (Lipinski definition) is 2. The largest absolute Gasteiger partial charge is 0.313 e. The summed E-state index contributed by atoms with van der Waals surface area (Å²) in [6, 6.07) is 18.8. The van der Waals surface area contributed by atoms with E-state index in [1.54, 1.807) is 0 Å². The fourth-order valence-electron chi connectivity index (χ4n) is 5.33. The molecule has 4 rings (SSSR count). The van der Waals surface area contributed by atoms with Crippen molar-refractivity contribution < 1.29 is 9.59 Å². The molecular weight excluding hydrogens is 424 g/mol. The smallest absolute Gasteiger partial charge is 0.181 e. The summed E-state index contributed by atoms with van der Waals surface area (Å²) >= 11 is 0. The topological polar surface area (TPSA) is 64.7 Å². The molecule has 0 bridgehead atoms. The summed E-state index contributed by atoms with van der Waals surface area (Å²) in [7, 11) is 0. The van der Waals surface area contributed by atoms with Crippen molar-refractivity contribution in [3.63, 3.8) is 0 Å². The summed E-state index contributed by atoms with van der Waals surface area (Å²) in [5.41, 5.74) is 1.51. The molecule has 0 radical (unpaired) electrons. The van der Waals surface area contributed by atoms with Crippen LogP contribution in [0.2, 0.25) is 0 Å². The molecule has 2 heterocycles. The van der Waals surface area contributed by atoms with Crippen molar-refractivity contribution in [2.75, 3.05) is 39.3 Å². The Bertz CT molecular complexity index is 849. The van der Waals surface area contributed by atoms with Gasteiger partial charge >= 0.3 is 0 Å². The van der Waals surface area contributed by atoms with Crippen molar-refractivity contribution in [3.05, 3.63) is 71.8 Å². The van der Waals surface area contributed by atoms with E-state index in [0.717, 1.165) is 63.0 Å². The number of ketones is 2. The van der Waals surface area contributed by atoms with E-state index in [1.807, 2.05) is 60.7 Å². The van der Waals surface area contributed by atoms with Crippen LogP contribution in [0.3, 0.4) is 0 Å². The Kier molecular flexibility index (Phi) is 8.99. The van der Waals surface area contributed by atoms with Gasteiger partial charge in [-0.15, -0.1) is 0 Å². The van der Waals surface area contributed by atoms with E-state index < -0.39 is 0 Å². The van der Waals surface area contributed by atoms with Gasteiger partial charge < -0.3 is 10.6 Å². The van der Waals surface area contributed by atoms with Crippen molar-refractivity contribution >= 4 is 11.6 Å². The normalized spacial score (nSPS) is 22.9. The number of Topliss-reactive ketones (excluding diaryl/α,β-unsaturated/α-hetero) is 2. The molecule has 2 unspecified atom stereocenters. The molecule has 0 spiro atoms. The monoisotopic (exact) mass is 462 g/mol. The molecule has 2 aliphatic heterocycles. The molecule has 2 aromatic rings. The first-order chi connectivity index (χ1) is 16.7. The molecular formula is C28H38N4O2. The van der Waals surface area contributed by atoms with Crippen molar-refractivity contribution in [1.82, 2.24) is 20.4 Å². The van der Waals surface area contributed by atoms with Crippen LogP contribution in [-0.2, 0) is 0 Å². The standard InChI is InChI=1S/C28H38N4O2/c1-2-3-6-15-26(31-18-16-29-20-24(31)27(33)22-11-7-4-8-12-22)32-19-17-30-21-25(32)28(34)23-13-9-5-10-14-23/h4-5,7-14,24-26,29-30H,2-3,6,15-21H2,1H3. The van der Waals surface area contributed by atoms with Gasteiger partial charge in [-0.2, -0.15) is 0 Å². The third-order valence-electron chi connectivity index (χ3n) is 7.12. The predicted octanol–water partition coefficient (Wildman–Crippen LogP) is 3.21. The van der Waals surface area contributed by atoms with Crippen LogP contribution in [0.1, 0.15) is 53.3 Å². The lowest BCUT2D eigenvalue weighted by Crippen LogP contribution is -2.67. The summed E-state index contributed by atoms with van der Waals surface area (Å²) in [5, 5.41) is 6.88. The van der Waals surface area contributed by atoms with Gasteiger partial charge in [0.2, 0.25) is 0 Å². The molecule has 2 aliphatic rings. The minimum absolute atomic E-state index is 0.0612. The van der Waals surface area contributed by atoms with Gasteiger partial charge in [-0.1, -0.05) is 86.8 Å². The van der Waals surface area contributed by atoms with Gasteiger partial charge in [0.05, 0.1) is 18.2 Å². The molecule has 6 nitrogen and oxygen atoms in total. The lowest BCUT2D eigenvalue weighted by atomic mass is 9.96. The number of benzene rings is 2. The van der Waals surface area contributed by atoms with Crippen LogP contribution in [0, 0.1) is 0 Å². The summed E-state index contributed by atoms with van der Waals surface area (Å²) in [6.45, 7) is 6.81. The third-order valence-corrected chi connectivity index (χ3v) is 7.12. The van der Waals surface area contributed by atoms with E-state index in [-0.39, 0.29) is 29.8 Å². The SMILES string of the molecule is CCCCCC(N1CCNCC1C(=O)c1ccccc1)N1CCNCC1C(=O)c1ccccc1. The Balaban J connectivity index is 1.63. The number of unbranched alkanes of at least 4 members (excludes halogenated alkanes) is 2. The molecule has 0 saturated carbocycles. The van der Waals surface area contributed by atoms with Crippen LogP contribution in [0.25, 0.3) is 0 Å². The summed E-state index contributed by atoms with van der Waals surface area (Å²) in [5.74, 6) is 0.323. The van der Waals surface area contributed by atoms with Gasteiger partial charge in [-0.05, 0) is 6.42 Å². The highest BCUT2D eigenvalue weighted by Crippen LogP contribution is 2.25. The first-order valence-electron chi connectivity index (χ1n) is 12.8. The maximum atomic E-state index is 13.6. The Morgan fingerprint density at radius 1 is 0.794 bits per heavy atom. The summed E-state index contributed by atoms with van der Waals surface area (Å²) < 4.78 is 0. The molecule has 6 heteroatoms. The molecule has 182 valence electrons. The zero-order valence-electron chi connectivity index (χ0n) is 20.3. The number of nitrogens with one attached hydrogen (secondary N) is 2. The molecule has 0 amide bonds. The predicted molar refractivity (Wildman–Crippen MR) is 136 cm³/mol. The average molecular weight is 463 g/mol. The number of hydrogen-bond acceptors (Lipinski definition) is 6. The zero-order valence-corrected chi connectivity index (χ0v) is 20.3. The van der Waals surface area contributed by atoms with Crippen molar-refractivity contribution in [2.24, 2.45) is 0 Å². The Morgan fingerprint density at radius 3 is 1.71 bits per heavy atom. The molecule has 2 aromatic carbocycles. The second kappa shape index (κ2) is 12.4. The highest BCUT2D eigenvalue weighted by atomic mass is 16.1. The highest BCUT2D eigenvalue weighted by molar-refractivity contribution is 6.01. The number of nitrogens with zero attached hydrogens (tertiary/aromatic N) is 2. The summed E-state index contributed by atoms with van der Waals surface area (Å²) in [6.07, 6.45) is 4.42. The molecule has 0 aliphatic carbocycles. The number of piperazine rings is 2. The first kappa shape index (κ1) is 24.7. The molecule has 0 aromatic heterocycles. The van der Waals surface area contributed by atoms with Gasteiger partial charge in [0.25, 0.3) is 0 Å². The second-order valence-electron chi connectivity index (χ2n) is 9.35. The van der Waals surface area contributed by atoms with Crippen LogP contribution in [0.5, 0.6) is 0 Å². The molecule has 2 N–H and O–H groups in total. The Hall–Kier alpha value is -2.38. The van der Waals surface area contributed by atoms with Gasteiger partial charge in [0, 0.05) is 50.4 Å².